The molecule has 1 saturated heterocycles. The summed E-state index contributed by atoms with van der Waals surface area (Å²) >= 11 is 11.9. The molecule has 2 aromatic rings. The Morgan fingerprint density at radius 3 is 2.26 bits per heavy atom. The molecule has 2 fully saturated rings. The lowest BCUT2D eigenvalue weighted by molar-refractivity contribution is -0.109. The number of carbonyl (C=O) groups is 2. The molecular formula is C33H50Cl2FN3O3. The standard InChI is InChI=1S/C17H15Cl2FN2O.C9H17NO2.C5H12.C2H6/c18-11-3-1-2-10(4-11)13-7-21-8-14(13)12-5-16(20)15(19)6-17(12)22-9-23;11-7-10-5-1-2-8-3-4-9(12)6-8;1-5(2,3)4;1-2/h1-6,9,13-14,21H,7-8H2,(H,22,23);7-9,12H,1-6H2,(H,10,11);1-4H3;1-2H3/t13-,14+;8?,9-;;/m10../s1. The zero-order chi connectivity index (χ0) is 31.7. The van der Waals surface area contributed by atoms with Gasteiger partial charge in [0.2, 0.25) is 12.8 Å². The van der Waals surface area contributed by atoms with E-state index in [1.165, 1.54) is 12.1 Å². The molecule has 42 heavy (non-hydrogen) atoms. The predicted molar refractivity (Wildman–Crippen MR) is 174 cm³/mol. The Labute approximate surface area is 262 Å². The maximum Gasteiger partial charge on any atom is 0.211 e. The Morgan fingerprint density at radius 2 is 1.69 bits per heavy atom. The number of halogens is 3. The lowest BCUT2D eigenvalue weighted by Gasteiger charge is -2.22. The van der Waals surface area contributed by atoms with Gasteiger partial charge in [-0.25, -0.2) is 4.39 Å². The number of aliphatic hydroxyl groups is 1. The van der Waals surface area contributed by atoms with E-state index in [1.54, 1.807) is 0 Å². The second-order valence-electron chi connectivity index (χ2n) is 12.1. The fraction of sp³-hybridized carbons (Fsp3) is 0.576. The summed E-state index contributed by atoms with van der Waals surface area (Å²) in [7, 11) is 0. The zero-order valence-corrected chi connectivity index (χ0v) is 27.5. The molecule has 4 atom stereocenters. The van der Waals surface area contributed by atoms with Crippen LogP contribution in [0.3, 0.4) is 0 Å². The first-order valence-corrected chi connectivity index (χ1v) is 15.7. The van der Waals surface area contributed by atoms with Crippen molar-refractivity contribution in [3.05, 3.63) is 63.4 Å². The fourth-order valence-corrected chi connectivity index (χ4v) is 5.38. The molecule has 2 aromatic carbocycles. The first-order valence-electron chi connectivity index (χ1n) is 14.9. The quantitative estimate of drug-likeness (QED) is 0.168. The summed E-state index contributed by atoms with van der Waals surface area (Å²) in [5.41, 5.74) is 2.85. The van der Waals surface area contributed by atoms with E-state index in [1.807, 2.05) is 38.1 Å². The van der Waals surface area contributed by atoms with E-state index >= 15 is 0 Å². The second kappa shape index (κ2) is 19.9. The van der Waals surface area contributed by atoms with Gasteiger partial charge in [-0.1, -0.05) is 76.9 Å². The normalized spacial score (nSPS) is 21.0. The summed E-state index contributed by atoms with van der Waals surface area (Å²) in [4.78, 5) is 20.8. The lowest BCUT2D eigenvalue weighted by atomic mass is 9.83. The van der Waals surface area contributed by atoms with Crippen molar-refractivity contribution in [2.45, 2.75) is 91.6 Å². The maximum absolute atomic E-state index is 14.0. The topological polar surface area (TPSA) is 90.5 Å². The third-order valence-corrected chi connectivity index (χ3v) is 7.25. The van der Waals surface area contributed by atoms with Crippen LogP contribution in [0, 0.1) is 17.2 Å². The summed E-state index contributed by atoms with van der Waals surface area (Å²) < 4.78 is 14.0. The number of aliphatic hydroxyl groups excluding tert-OH is 1. The van der Waals surface area contributed by atoms with Crippen LogP contribution in [0.1, 0.15) is 96.6 Å². The van der Waals surface area contributed by atoms with Crippen LogP contribution >= 0.6 is 23.2 Å². The Kier molecular flexibility index (Phi) is 17.9. The van der Waals surface area contributed by atoms with Gasteiger partial charge in [0.25, 0.3) is 0 Å². The summed E-state index contributed by atoms with van der Waals surface area (Å²) in [6.07, 6.45) is 6.50. The van der Waals surface area contributed by atoms with Crippen molar-refractivity contribution in [3.8, 4) is 0 Å². The van der Waals surface area contributed by atoms with E-state index in [2.05, 4.69) is 43.6 Å². The van der Waals surface area contributed by atoms with Crippen molar-refractivity contribution in [2.24, 2.45) is 11.3 Å². The van der Waals surface area contributed by atoms with Crippen molar-refractivity contribution >= 4 is 41.7 Å². The molecule has 6 nitrogen and oxygen atoms in total. The van der Waals surface area contributed by atoms with Crippen LogP contribution in [0.4, 0.5) is 10.1 Å². The summed E-state index contributed by atoms with van der Waals surface area (Å²) in [5.74, 6) is 0.354. The molecule has 1 aliphatic carbocycles. The number of rotatable bonds is 9. The molecule has 9 heteroatoms. The molecule has 4 rings (SSSR count). The Balaban J connectivity index is 0.000000388. The van der Waals surface area contributed by atoms with Gasteiger partial charge in [-0.15, -0.1) is 0 Å². The highest BCUT2D eigenvalue weighted by Gasteiger charge is 2.32. The van der Waals surface area contributed by atoms with E-state index in [9.17, 15) is 19.1 Å². The maximum atomic E-state index is 14.0. The molecule has 2 amide bonds. The fourth-order valence-electron chi connectivity index (χ4n) is 5.01. The molecule has 236 valence electrons. The highest BCUT2D eigenvalue weighted by molar-refractivity contribution is 6.31. The van der Waals surface area contributed by atoms with Crippen LogP contribution in [0.2, 0.25) is 10.0 Å². The third kappa shape index (κ3) is 14.3. The summed E-state index contributed by atoms with van der Waals surface area (Å²) in [5, 5.41) is 18.5. The number of hydrogen-bond donors (Lipinski definition) is 4. The van der Waals surface area contributed by atoms with Gasteiger partial charge in [-0.05, 0) is 78.8 Å². The molecule has 2 aliphatic rings. The Bertz CT molecular complexity index is 1070. The number of nitrogens with one attached hydrogen (secondary N) is 3. The monoisotopic (exact) mass is 625 g/mol. The molecule has 1 heterocycles. The number of anilines is 1. The van der Waals surface area contributed by atoms with Crippen molar-refractivity contribution in [1.29, 1.82) is 0 Å². The second-order valence-corrected chi connectivity index (χ2v) is 12.9. The van der Waals surface area contributed by atoms with E-state index in [-0.39, 0.29) is 23.0 Å². The third-order valence-electron chi connectivity index (χ3n) is 6.73. The van der Waals surface area contributed by atoms with Crippen LogP contribution in [0.15, 0.2) is 36.4 Å². The van der Waals surface area contributed by atoms with Crippen LogP contribution in [0.5, 0.6) is 0 Å². The Hall–Kier alpha value is -2.19. The van der Waals surface area contributed by atoms with Gasteiger partial charge in [-0.3, -0.25) is 9.59 Å². The molecule has 1 saturated carbocycles. The number of carbonyl (C=O) groups excluding carboxylic acids is 2. The Morgan fingerprint density at radius 1 is 1.02 bits per heavy atom. The molecule has 0 radical (unpaired) electrons. The molecule has 1 aliphatic heterocycles. The summed E-state index contributed by atoms with van der Waals surface area (Å²) in [6, 6.07) is 10.5. The highest BCUT2D eigenvalue weighted by atomic mass is 35.5. The zero-order valence-electron chi connectivity index (χ0n) is 26.0. The minimum absolute atomic E-state index is 0.0108. The lowest BCUT2D eigenvalue weighted by Crippen LogP contribution is -2.13. The van der Waals surface area contributed by atoms with Crippen LogP contribution in [-0.4, -0.2) is 43.7 Å². The van der Waals surface area contributed by atoms with Crippen molar-refractivity contribution in [1.82, 2.24) is 10.6 Å². The summed E-state index contributed by atoms with van der Waals surface area (Å²) in [6.45, 7) is 15.0. The molecule has 1 unspecified atom stereocenters. The first-order chi connectivity index (χ1) is 19.9. The van der Waals surface area contributed by atoms with Gasteiger partial charge in [0.15, 0.2) is 0 Å². The van der Waals surface area contributed by atoms with Crippen molar-refractivity contribution < 1.29 is 19.1 Å². The average Bonchev–Trinajstić information content (AvgIpc) is 3.59. The van der Waals surface area contributed by atoms with E-state index < -0.39 is 5.82 Å². The van der Waals surface area contributed by atoms with Gasteiger partial charge < -0.3 is 21.1 Å². The van der Waals surface area contributed by atoms with E-state index in [4.69, 9.17) is 23.2 Å². The van der Waals surface area contributed by atoms with Gasteiger partial charge >= 0.3 is 0 Å². The average molecular weight is 627 g/mol. The van der Waals surface area contributed by atoms with Crippen molar-refractivity contribution in [2.75, 3.05) is 25.0 Å². The van der Waals surface area contributed by atoms with Crippen LogP contribution in [-0.2, 0) is 9.59 Å². The number of amides is 2. The van der Waals surface area contributed by atoms with E-state index in [0.717, 1.165) is 62.7 Å². The van der Waals surface area contributed by atoms with Gasteiger partial charge in [0.1, 0.15) is 5.82 Å². The molecule has 0 spiro atoms. The molecular weight excluding hydrogens is 576 g/mol. The predicted octanol–water partition coefficient (Wildman–Crippen LogP) is 7.92. The number of benzene rings is 2. The minimum atomic E-state index is -0.491. The molecule has 0 aromatic heterocycles. The van der Waals surface area contributed by atoms with Crippen LogP contribution in [0.25, 0.3) is 0 Å². The largest absolute Gasteiger partial charge is 0.393 e. The van der Waals surface area contributed by atoms with Crippen molar-refractivity contribution in [3.63, 3.8) is 0 Å². The smallest absolute Gasteiger partial charge is 0.211 e. The first kappa shape index (κ1) is 37.8. The number of hydrogen-bond acceptors (Lipinski definition) is 4. The van der Waals surface area contributed by atoms with E-state index in [0.29, 0.717) is 35.0 Å². The van der Waals surface area contributed by atoms with Gasteiger partial charge in [-0.2, -0.15) is 0 Å². The SMILES string of the molecule is CC.CC(C)(C)C.O=CNCCCC1CC[C@H](O)C1.O=CNc1cc(Cl)c(F)cc1[C@@H]1CNC[C@@H]1c1cccc(Cl)c1. The van der Waals surface area contributed by atoms with Crippen LogP contribution < -0.4 is 16.0 Å². The minimum Gasteiger partial charge on any atom is -0.393 e. The van der Waals surface area contributed by atoms with Gasteiger partial charge in [0, 0.05) is 42.2 Å². The van der Waals surface area contributed by atoms with Gasteiger partial charge in [0.05, 0.1) is 11.1 Å². The molecule has 4 N–H and O–H groups in total. The molecule has 0 bridgehead atoms. The highest BCUT2D eigenvalue weighted by Crippen LogP contribution is 2.41.